The van der Waals surface area contributed by atoms with Crippen LogP contribution >= 0.6 is 11.8 Å². The molecule has 0 radical (unpaired) electrons. The number of aryl methyl sites for hydroxylation is 2. The van der Waals surface area contributed by atoms with Gasteiger partial charge in [-0.3, -0.25) is 4.79 Å². The highest BCUT2D eigenvalue weighted by Gasteiger charge is 2.38. The standard InChI is InChI=1S/C26H25N5O2S/c1-16-13-17(2)15-20(14-16)27-25(32)23-22(18-9-11-21(33-3)12-10-18)30-31-24(28-29-26(31)34-23)19-7-5-4-6-8-19/h4-15,22-23,30H,1-3H3,(H,27,32). The van der Waals surface area contributed by atoms with Gasteiger partial charge in [0.2, 0.25) is 11.1 Å². The van der Waals surface area contributed by atoms with Crippen molar-refractivity contribution in [2.24, 2.45) is 0 Å². The monoisotopic (exact) mass is 471 g/mol. The van der Waals surface area contributed by atoms with Crippen LogP contribution in [0.15, 0.2) is 78.0 Å². The summed E-state index contributed by atoms with van der Waals surface area (Å²) in [6.07, 6.45) is 0. The summed E-state index contributed by atoms with van der Waals surface area (Å²) in [5, 5.41) is 12.1. The SMILES string of the molecule is COc1ccc(C2Nn3c(nnc3-c3ccccc3)SC2C(=O)Nc2cc(C)cc(C)c2)cc1. The molecule has 1 aliphatic heterocycles. The Balaban J connectivity index is 1.51. The first-order chi connectivity index (χ1) is 16.5. The fourth-order valence-electron chi connectivity index (χ4n) is 4.15. The van der Waals surface area contributed by atoms with E-state index >= 15 is 0 Å². The van der Waals surface area contributed by atoms with Crippen molar-refractivity contribution in [3.05, 3.63) is 89.5 Å². The number of anilines is 1. The van der Waals surface area contributed by atoms with E-state index in [1.54, 1.807) is 7.11 Å². The second-order valence-electron chi connectivity index (χ2n) is 8.29. The number of carbonyl (C=O) groups is 1. The van der Waals surface area contributed by atoms with Crippen LogP contribution < -0.4 is 15.5 Å². The number of nitrogens with zero attached hydrogens (tertiary/aromatic N) is 3. The summed E-state index contributed by atoms with van der Waals surface area (Å²) in [6, 6.07) is 23.4. The molecule has 2 heterocycles. The van der Waals surface area contributed by atoms with E-state index in [0.717, 1.165) is 33.7 Å². The molecule has 2 atom stereocenters. The summed E-state index contributed by atoms with van der Waals surface area (Å²) in [5.41, 5.74) is 8.40. The third-order valence-electron chi connectivity index (χ3n) is 5.69. The average molecular weight is 472 g/mol. The molecular formula is C26H25N5O2S. The van der Waals surface area contributed by atoms with Gasteiger partial charge in [-0.15, -0.1) is 10.2 Å². The molecule has 0 saturated heterocycles. The minimum absolute atomic E-state index is 0.0983. The van der Waals surface area contributed by atoms with E-state index in [-0.39, 0.29) is 11.9 Å². The van der Waals surface area contributed by atoms with Crippen molar-refractivity contribution in [1.82, 2.24) is 14.9 Å². The Morgan fingerprint density at radius 3 is 2.38 bits per heavy atom. The van der Waals surface area contributed by atoms with E-state index in [0.29, 0.717) is 11.0 Å². The highest BCUT2D eigenvalue weighted by Crippen LogP contribution is 2.39. The van der Waals surface area contributed by atoms with E-state index in [4.69, 9.17) is 4.74 Å². The van der Waals surface area contributed by atoms with Gasteiger partial charge in [0.15, 0.2) is 5.82 Å². The normalized spacial score (nSPS) is 16.9. The van der Waals surface area contributed by atoms with Gasteiger partial charge >= 0.3 is 0 Å². The first kappa shape index (κ1) is 22.0. The smallest absolute Gasteiger partial charge is 0.240 e. The molecule has 2 N–H and O–H groups in total. The molecule has 4 aromatic rings. The summed E-state index contributed by atoms with van der Waals surface area (Å²) >= 11 is 1.40. The number of amides is 1. The number of hydrogen-bond acceptors (Lipinski definition) is 6. The van der Waals surface area contributed by atoms with Crippen molar-refractivity contribution in [3.63, 3.8) is 0 Å². The number of ether oxygens (including phenoxy) is 1. The van der Waals surface area contributed by atoms with Crippen LogP contribution in [-0.4, -0.2) is 33.1 Å². The van der Waals surface area contributed by atoms with Crippen LogP contribution in [0.3, 0.4) is 0 Å². The van der Waals surface area contributed by atoms with Crippen molar-refractivity contribution in [2.45, 2.75) is 30.3 Å². The predicted octanol–water partition coefficient (Wildman–Crippen LogP) is 4.97. The highest BCUT2D eigenvalue weighted by molar-refractivity contribution is 8.00. The molecule has 1 amide bonds. The maximum Gasteiger partial charge on any atom is 0.240 e. The molecule has 3 aromatic carbocycles. The molecule has 2 unspecified atom stereocenters. The number of methoxy groups -OCH3 is 1. The second kappa shape index (κ2) is 9.23. The largest absolute Gasteiger partial charge is 0.497 e. The van der Waals surface area contributed by atoms with E-state index in [1.165, 1.54) is 11.8 Å². The third kappa shape index (κ3) is 4.36. The lowest BCUT2D eigenvalue weighted by Crippen LogP contribution is -2.41. The zero-order valence-electron chi connectivity index (χ0n) is 19.1. The fraction of sp³-hybridized carbons (Fsp3) is 0.192. The maximum atomic E-state index is 13.5. The summed E-state index contributed by atoms with van der Waals surface area (Å²) in [4.78, 5) is 13.5. The zero-order valence-corrected chi connectivity index (χ0v) is 20.0. The molecule has 172 valence electrons. The molecule has 8 heteroatoms. The number of carbonyl (C=O) groups excluding carboxylic acids is 1. The van der Waals surface area contributed by atoms with Crippen molar-refractivity contribution < 1.29 is 9.53 Å². The quantitative estimate of drug-likeness (QED) is 0.428. The average Bonchev–Trinajstić information content (AvgIpc) is 3.26. The number of aromatic nitrogens is 3. The van der Waals surface area contributed by atoms with Crippen molar-refractivity contribution in [1.29, 1.82) is 0 Å². The maximum absolute atomic E-state index is 13.5. The summed E-state index contributed by atoms with van der Waals surface area (Å²) < 4.78 is 7.19. The Labute approximate surface area is 202 Å². The molecule has 0 saturated carbocycles. The van der Waals surface area contributed by atoms with Gasteiger partial charge in [-0.1, -0.05) is 60.3 Å². The van der Waals surface area contributed by atoms with Gasteiger partial charge in [0, 0.05) is 11.3 Å². The van der Waals surface area contributed by atoms with Crippen LogP contribution in [0.2, 0.25) is 0 Å². The van der Waals surface area contributed by atoms with Gasteiger partial charge in [0.25, 0.3) is 0 Å². The molecule has 0 fully saturated rings. The van der Waals surface area contributed by atoms with Crippen LogP contribution in [0.1, 0.15) is 22.7 Å². The Bertz CT molecular complexity index is 1300. The molecular weight excluding hydrogens is 446 g/mol. The number of hydrogen-bond donors (Lipinski definition) is 2. The van der Waals surface area contributed by atoms with Crippen molar-refractivity contribution in [3.8, 4) is 17.1 Å². The molecule has 1 aromatic heterocycles. The van der Waals surface area contributed by atoms with E-state index in [2.05, 4.69) is 27.0 Å². The lowest BCUT2D eigenvalue weighted by molar-refractivity contribution is -0.116. The zero-order chi connectivity index (χ0) is 23.7. The second-order valence-corrected chi connectivity index (χ2v) is 9.40. The lowest BCUT2D eigenvalue weighted by atomic mass is 10.0. The molecule has 1 aliphatic rings. The van der Waals surface area contributed by atoms with Crippen LogP contribution in [0.25, 0.3) is 11.4 Å². The molecule has 0 bridgehead atoms. The van der Waals surface area contributed by atoms with Crippen LogP contribution in [0, 0.1) is 13.8 Å². The first-order valence-electron chi connectivity index (χ1n) is 11.0. The molecule has 0 spiro atoms. The predicted molar refractivity (Wildman–Crippen MR) is 135 cm³/mol. The fourth-order valence-corrected chi connectivity index (χ4v) is 5.23. The van der Waals surface area contributed by atoms with Gasteiger partial charge in [-0.25, -0.2) is 4.68 Å². The van der Waals surface area contributed by atoms with Gasteiger partial charge in [-0.05, 0) is 54.8 Å². The van der Waals surface area contributed by atoms with E-state index < -0.39 is 5.25 Å². The van der Waals surface area contributed by atoms with Gasteiger partial charge in [0.1, 0.15) is 11.0 Å². The van der Waals surface area contributed by atoms with Gasteiger partial charge in [-0.2, -0.15) is 0 Å². The topological polar surface area (TPSA) is 81.1 Å². The Hall–Kier alpha value is -3.78. The number of benzene rings is 3. The van der Waals surface area contributed by atoms with Gasteiger partial charge < -0.3 is 15.5 Å². The number of fused-ring (bicyclic) bond motifs is 1. The van der Waals surface area contributed by atoms with Gasteiger partial charge in [0.05, 0.1) is 13.2 Å². The van der Waals surface area contributed by atoms with E-state index in [1.807, 2.05) is 85.3 Å². The number of nitrogens with one attached hydrogen (secondary N) is 2. The molecule has 0 aliphatic carbocycles. The Kier molecular flexibility index (Phi) is 5.98. The van der Waals surface area contributed by atoms with Crippen LogP contribution in [-0.2, 0) is 4.79 Å². The summed E-state index contributed by atoms with van der Waals surface area (Å²) in [7, 11) is 1.64. The Morgan fingerprint density at radius 1 is 1.00 bits per heavy atom. The number of rotatable bonds is 5. The lowest BCUT2D eigenvalue weighted by Gasteiger charge is -2.33. The van der Waals surface area contributed by atoms with E-state index in [9.17, 15) is 4.79 Å². The van der Waals surface area contributed by atoms with Crippen molar-refractivity contribution in [2.75, 3.05) is 17.9 Å². The van der Waals surface area contributed by atoms with Crippen molar-refractivity contribution >= 4 is 23.4 Å². The Morgan fingerprint density at radius 2 is 1.71 bits per heavy atom. The minimum atomic E-state index is -0.463. The highest BCUT2D eigenvalue weighted by atomic mass is 32.2. The minimum Gasteiger partial charge on any atom is -0.497 e. The summed E-state index contributed by atoms with van der Waals surface area (Å²) in [5.74, 6) is 1.37. The summed E-state index contributed by atoms with van der Waals surface area (Å²) in [6.45, 7) is 4.04. The molecule has 34 heavy (non-hydrogen) atoms. The van der Waals surface area contributed by atoms with Crippen LogP contribution in [0.5, 0.6) is 5.75 Å². The third-order valence-corrected chi connectivity index (χ3v) is 6.91. The molecule has 7 nitrogen and oxygen atoms in total. The molecule has 5 rings (SSSR count). The van der Waals surface area contributed by atoms with Crippen LogP contribution in [0.4, 0.5) is 5.69 Å². The first-order valence-corrected chi connectivity index (χ1v) is 11.9. The number of thioether (sulfide) groups is 1.